The Labute approximate surface area is 121 Å². The molecule has 8 heteroatoms. The monoisotopic (exact) mass is 304 g/mol. The van der Waals surface area contributed by atoms with E-state index in [4.69, 9.17) is 9.84 Å². The molecular weight excluding hydrogens is 284 g/mol. The van der Waals surface area contributed by atoms with Gasteiger partial charge in [-0.15, -0.1) is 11.8 Å². The standard InChI is InChI=1S/C12H20N2O5S/c1-7-5-19-9(4-15)3-13(7)12(18)14-8(2)20-6-10(14)11(16)17/h7-10,15H,3-6H2,1-2H3,(H,16,17). The summed E-state index contributed by atoms with van der Waals surface area (Å²) in [5, 5.41) is 18.2. The van der Waals surface area contributed by atoms with Crippen LogP contribution in [0.25, 0.3) is 0 Å². The zero-order chi connectivity index (χ0) is 14.9. The maximum Gasteiger partial charge on any atom is 0.327 e. The minimum absolute atomic E-state index is 0.127. The Balaban J connectivity index is 2.13. The molecule has 2 N–H and O–H groups in total. The van der Waals surface area contributed by atoms with Crippen LogP contribution >= 0.6 is 11.8 Å². The topological polar surface area (TPSA) is 90.3 Å². The maximum atomic E-state index is 12.6. The number of ether oxygens (including phenoxy) is 1. The molecular formula is C12H20N2O5S. The third-order valence-electron chi connectivity index (χ3n) is 3.68. The number of hydrogen-bond acceptors (Lipinski definition) is 5. The summed E-state index contributed by atoms with van der Waals surface area (Å²) < 4.78 is 5.40. The number of carbonyl (C=O) groups is 2. The van der Waals surface area contributed by atoms with E-state index in [9.17, 15) is 14.7 Å². The summed E-state index contributed by atoms with van der Waals surface area (Å²) in [6, 6.07) is -1.20. The van der Waals surface area contributed by atoms with Gasteiger partial charge in [-0.2, -0.15) is 0 Å². The molecule has 0 saturated carbocycles. The second-order valence-electron chi connectivity index (χ2n) is 5.12. The fraction of sp³-hybridized carbons (Fsp3) is 0.833. The van der Waals surface area contributed by atoms with E-state index in [1.54, 1.807) is 4.90 Å². The van der Waals surface area contributed by atoms with Crippen molar-refractivity contribution in [2.24, 2.45) is 0 Å². The lowest BCUT2D eigenvalue weighted by Gasteiger charge is -2.40. The van der Waals surface area contributed by atoms with E-state index >= 15 is 0 Å². The Hall–Kier alpha value is -0.990. The van der Waals surface area contributed by atoms with Crippen molar-refractivity contribution in [3.8, 4) is 0 Å². The molecule has 4 atom stereocenters. The van der Waals surface area contributed by atoms with E-state index < -0.39 is 18.1 Å². The van der Waals surface area contributed by atoms with E-state index in [0.717, 1.165) is 0 Å². The molecule has 0 aromatic rings. The van der Waals surface area contributed by atoms with E-state index in [-0.39, 0.29) is 30.6 Å². The number of urea groups is 1. The average Bonchev–Trinajstić information content (AvgIpc) is 2.80. The first-order chi connectivity index (χ1) is 9.45. The van der Waals surface area contributed by atoms with Crippen LogP contribution in [0.5, 0.6) is 0 Å². The molecule has 0 aromatic carbocycles. The number of aliphatic hydroxyl groups is 1. The van der Waals surface area contributed by atoms with Crippen LogP contribution in [0.3, 0.4) is 0 Å². The van der Waals surface area contributed by atoms with Crippen molar-refractivity contribution in [1.29, 1.82) is 0 Å². The van der Waals surface area contributed by atoms with Gasteiger partial charge in [0.2, 0.25) is 0 Å². The van der Waals surface area contributed by atoms with Gasteiger partial charge in [0.25, 0.3) is 0 Å². The van der Waals surface area contributed by atoms with E-state index in [1.807, 2.05) is 13.8 Å². The average molecular weight is 304 g/mol. The summed E-state index contributed by atoms with van der Waals surface area (Å²) in [6.07, 6.45) is -0.399. The third kappa shape index (κ3) is 2.87. The molecule has 2 rings (SSSR count). The van der Waals surface area contributed by atoms with E-state index in [2.05, 4.69) is 0 Å². The number of morpholine rings is 1. The minimum Gasteiger partial charge on any atom is -0.480 e. The quantitative estimate of drug-likeness (QED) is 0.748. The predicted molar refractivity (Wildman–Crippen MR) is 73.6 cm³/mol. The van der Waals surface area contributed by atoms with Crippen molar-refractivity contribution >= 4 is 23.8 Å². The molecule has 2 heterocycles. The molecule has 4 unspecified atom stereocenters. The highest BCUT2D eigenvalue weighted by atomic mass is 32.2. The first-order valence-electron chi connectivity index (χ1n) is 6.61. The predicted octanol–water partition coefficient (Wildman–Crippen LogP) is 0.0360. The van der Waals surface area contributed by atoms with Gasteiger partial charge in [-0.05, 0) is 13.8 Å². The molecule has 0 spiro atoms. The first kappa shape index (κ1) is 15.4. The van der Waals surface area contributed by atoms with Gasteiger partial charge >= 0.3 is 12.0 Å². The van der Waals surface area contributed by atoms with Crippen molar-refractivity contribution in [3.05, 3.63) is 0 Å². The zero-order valence-corrected chi connectivity index (χ0v) is 12.4. The molecule has 0 aromatic heterocycles. The van der Waals surface area contributed by atoms with Crippen molar-refractivity contribution < 1.29 is 24.5 Å². The normalized spacial score (nSPS) is 34.4. The fourth-order valence-corrected chi connectivity index (χ4v) is 3.63. The van der Waals surface area contributed by atoms with Gasteiger partial charge in [-0.25, -0.2) is 9.59 Å². The Morgan fingerprint density at radius 1 is 1.40 bits per heavy atom. The number of hydrogen-bond donors (Lipinski definition) is 2. The van der Waals surface area contributed by atoms with Crippen LogP contribution in [0.1, 0.15) is 13.8 Å². The van der Waals surface area contributed by atoms with Crippen LogP contribution in [0.4, 0.5) is 4.79 Å². The lowest BCUT2D eigenvalue weighted by molar-refractivity contribution is -0.141. The Morgan fingerprint density at radius 2 is 2.10 bits per heavy atom. The van der Waals surface area contributed by atoms with Crippen LogP contribution < -0.4 is 0 Å². The van der Waals surface area contributed by atoms with Gasteiger partial charge in [0.1, 0.15) is 6.04 Å². The lowest BCUT2D eigenvalue weighted by Crippen LogP contribution is -2.58. The highest BCUT2D eigenvalue weighted by molar-refractivity contribution is 8.00. The Kier molecular flexibility index (Phi) is 4.77. The summed E-state index contributed by atoms with van der Waals surface area (Å²) in [5.41, 5.74) is 0. The summed E-state index contributed by atoms with van der Waals surface area (Å²) >= 11 is 1.46. The number of aliphatic hydroxyl groups excluding tert-OH is 1. The van der Waals surface area contributed by atoms with Gasteiger partial charge in [0, 0.05) is 5.75 Å². The number of rotatable bonds is 2. The van der Waals surface area contributed by atoms with E-state index in [1.165, 1.54) is 16.7 Å². The smallest absolute Gasteiger partial charge is 0.327 e. The van der Waals surface area contributed by atoms with Gasteiger partial charge in [0.05, 0.1) is 37.3 Å². The molecule has 20 heavy (non-hydrogen) atoms. The summed E-state index contributed by atoms with van der Waals surface area (Å²) in [7, 11) is 0. The molecule has 2 saturated heterocycles. The van der Waals surface area contributed by atoms with Crippen LogP contribution in [-0.2, 0) is 9.53 Å². The molecule has 0 aliphatic carbocycles. The molecule has 2 aliphatic rings. The van der Waals surface area contributed by atoms with Crippen LogP contribution in [-0.4, -0.2) is 81.1 Å². The number of carboxylic acids is 1. The summed E-state index contributed by atoms with van der Waals surface area (Å²) in [5.74, 6) is -0.570. The van der Waals surface area contributed by atoms with Gasteiger partial charge in [-0.1, -0.05) is 0 Å². The number of carbonyl (C=O) groups excluding carboxylic acids is 1. The largest absolute Gasteiger partial charge is 0.480 e. The fourth-order valence-electron chi connectivity index (χ4n) is 2.47. The molecule has 7 nitrogen and oxygen atoms in total. The highest BCUT2D eigenvalue weighted by Crippen LogP contribution is 2.30. The molecule has 0 radical (unpaired) electrons. The van der Waals surface area contributed by atoms with E-state index in [0.29, 0.717) is 12.4 Å². The maximum absolute atomic E-state index is 12.6. The van der Waals surface area contributed by atoms with Gasteiger partial charge in [0.15, 0.2) is 0 Å². The second kappa shape index (κ2) is 6.19. The van der Waals surface area contributed by atoms with Gasteiger partial charge < -0.3 is 19.8 Å². The van der Waals surface area contributed by atoms with Crippen molar-refractivity contribution in [1.82, 2.24) is 9.80 Å². The number of aliphatic carboxylic acids is 1. The molecule has 114 valence electrons. The Bertz CT molecular complexity index is 394. The molecule has 0 bridgehead atoms. The second-order valence-corrected chi connectivity index (χ2v) is 6.46. The minimum atomic E-state index is -0.977. The molecule has 2 amide bonds. The summed E-state index contributed by atoms with van der Waals surface area (Å²) in [6.45, 7) is 4.18. The lowest BCUT2D eigenvalue weighted by atomic mass is 10.2. The molecule has 2 aliphatic heterocycles. The number of carboxylic acid groups (broad SMARTS) is 1. The first-order valence-corrected chi connectivity index (χ1v) is 7.66. The molecule has 2 fully saturated rings. The van der Waals surface area contributed by atoms with Gasteiger partial charge in [-0.3, -0.25) is 4.90 Å². The zero-order valence-electron chi connectivity index (χ0n) is 11.6. The SMILES string of the molecule is CC1COC(CO)CN1C(=O)N1C(C)SCC1C(=O)O. The number of nitrogens with zero attached hydrogens (tertiary/aromatic N) is 2. The number of thioether (sulfide) groups is 1. The number of amides is 2. The van der Waals surface area contributed by atoms with Crippen LogP contribution in [0, 0.1) is 0 Å². The van der Waals surface area contributed by atoms with Crippen molar-refractivity contribution in [3.63, 3.8) is 0 Å². The van der Waals surface area contributed by atoms with Crippen molar-refractivity contribution in [2.45, 2.75) is 37.4 Å². The third-order valence-corrected chi connectivity index (χ3v) is 4.90. The highest BCUT2D eigenvalue weighted by Gasteiger charge is 2.43. The van der Waals surface area contributed by atoms with Crippen LogP contribution in [0.15, 0.2) is 0 Å². The summed E-state index contributed by atoms with van der Waals surface area (Å²) in [4.78, 5) is 26.9. The Morgan fingerprint density at radius 3 is 2.70 bits per heavy atom. The van der Waals surface area contributed by atoms with Crippen molar-refractivity contribution in [2.75, 3.05) is 25.5 Å². The van der Waals surface area contributed by atoms with Crippen LogP contribution in [0.2, 0.25) is 0 Å².